The third-order valence-corrected chi connectivity index (χ3v) is 7.46. The first-order chi connectivity index (χ1) is 18.3. The van der Waals surface area contributed by atoms with Crippen LogP contribution in [-0.2, 0) is 13.0 Å². The molecule has 0 atom stereocenters. The SMILES string of the molecule is CCCCc1c(C(F)F)n(C(=O)CC2CCCCC2)c(=O)n1Cc1ccc(-c2ccccc2C(=O)O)cc1. The van der Waals surface area contributed by atoms with Gasteiger partial charge in [0.25, 0.3) is 6.43 Å². The number of carbonyl (C=O) groups excluding carboxylic acids is 1. The number of aromatic nitrogens is 2. The van der Waals surface area contributed by atoms with Crippen molar-refractivity contribution in [1.29, 1.82) is 0 Å². The Morgan fingerprint density at radius 2 is 1.71 bits per heavy atom. The lowest BCUT2D eigenvalue weighted by Gasteiger charge is -2.20. The minimum atomic E-state index is -2.94. The lowest BCUT2D eigenvalue weighted by molar-refractivity contribution is 0.0697. The highest BCUT2D eigenvalue weighted by Gasteiger charge is 2.30. The van der Waals surface area contributed by atoms with Gasteiger partial charge in [0.1, 0.15) is 5.69 Å². The van der Waals surface area contributed by atoms with Crippen LogP contribution < -0.4 is 5.69 Å². The van der Waals surface area contributed by atoms with Gasteiger partial charge in [0, 0.05) is 12.1 Å². The van der Waals surface area contributed by atoms with Gasteiger partial charge in [0.05, 0.1) is 12.1 Å². The molecule has 6 nitrogen and oxygen atoms in total. The molecule has 1 aromatic heterocycles. The fourth-order valence-corrected chi connectivity index (χ4v) is 5.46. The quantitative estimate of drug-likeness (QED) is 0.311. The highest BCUT2D eigenvalue weighted by atomic mass is 19.3. The first-order valence-corrected chi connectivity index (χ1v) is 13.4. The summed E-state index contributed by atoms with van der Waals surface area (Å²) in [5.74, 6) is -1.46. The van der Waals surface area contributed by atoms with E-state index in [0.29, 0.717) is 23.1 Å². The second-order valence-electron chi connectivity index (χ2n) is 10.1. The molecule has 0 unspecified atom stereocenters. The fourth-order valence-electron chi connectivity index (χ4n) is 5.46. The molecular formula is C30H34F2N2O4. The van der Waals surface area contributed by atoms with E-state index in [1.807, 2.05) is 6.92 Å². The van der Waals surface area contributed by atoms with Crippen LogP contribution >= 0.6 is 0 Å². The molecule has 2 aromatic carbocycles. The number of alkyl halides is 2. The van der Waals surface area contributed by atoms with Gasteiger partial charge in [-0.1, -0.05) is 75.1 Å². The summed E-state index contributed by atoms with van der Waals surface area (Å²) in [6.07, 6.45) is 3.73. The van der Waals surface area contributed by atoms with Crippen molar-refractivity contribution < 1.29 is 23.5 Å². The van der Waals surface area contributed by atoms with E-state index < -0.39 is 29.7 Å². The Bertz CT molecular complexity index is 1340. The Morgan fingerprint density at radius 3 is 2.34 bits per heavy atom. The zero-order chi connectivity index (χ0) is 27.2. The molecule has 1 N–H and O–H groups in total. The van der Waals surface area contributed by atoms with Gasteiger partial charge in [0.15, 0.2) is 0 Å². The molecule has 0 aliphatic heterocycles. The summed E-state index contributed by atoms with van der Waals surface area (Å²) in [7, 11) is 0. The van der Waals surface area contributed by atoms with Crippen molar-refractivity contribution in [3.05, 3.63) is 81.5 Å². The van der Waals surface area contributed by atoms with E-state index in [4.69, 9.17) is 0 Å². The first kappa shape index (κ1) is 27.5. The second kappa shape index (κ2) is 12.3. The zero-order valence-electron chi connectivity index (χ0n) is 21.7. The van der Waals surface area contributed by atoms with Crippen LogP contribution in [0.5, 0.6) is 0 Å². The van der Waals surface area contributed by atoms with E-state index in [-0.39, 0.29) is 36.6 Å². The third-order valence-electron chi connectivity index (χ3n) is 7.46. The number of imidazole rings is 1. The van der Waals surface area contributed by atoms with Gasteiger partial charge in [-0.05, 0) is 54.4 Å². The summed E-state index contributed by atoms with van der Waals surface area (Å²) >= 11 is 0. The number of nitrogens with zero attached hydrogens (tertiary/aromatic N) is 2. The number of hydrogen-bond donors (Lipinski definition) is 1. The molecule has 1 aliphatic carbocycles. The van der Waals surface area contributed by atoms with Crippen LogP contribution in [-0.4, -0.2) is 26.1 Å². The molecule has 1 heterocycles. The molecule has 38 heavy (non-hydrogen) atoms. The summed E-state index contributed by atoms with van der Waals surface area (Å²) in [6, 6.07) is 13.7. The number of carboxylic acid groups (broad SMARTS) is 1. The van der Waals surface area contributed by atoms with E-state index in [9.17, 15) is 28.3 Å². The maximum atomic E-state index is 14.4. The molecule has 1 saturated carbocycles. The first-order valence-electron chi connectivity index (χ1n) is 13.4. The average molecular weight is 525 g/mol. The van der Waals surface area contributed by atoms with Crippen molar-refractivity contribution in [3.8, 4) is 11.1 Å². The van der Waals surface area contributed by atoms with E-state index >= 15 is 0 Å². The van der Waals surface area contributed by atoms with Crippen molar-refractivity contribution in [2.45, 2.75) is 77.7 Å². The number of halogens is 2. The Labute approximate surface area is 220 Å². The van der Waals surface area contributed by atoms with Crippen molar-refractivity contribution in [1.82, 2.24) is 9.13 Å². The molecule has 0 amide bonds. The Morgan fingerprint density at radius 1 is 1.03 bits per heavy atom. The molecule has 4 rings (SSSR count). The molecule has 8 heteroatoms. The van der Waals surface area contributed by atoms with Crippen molar-refractivity contribution in [3.63, 3.8) is 0 Å². The summed E-state index contributed by atoms with van der Waals surface area (Å²) in [6.45, 7) is 1.99. The topological polar surface area (TPSA) is 81.3 Å². The Balaban J connectivity index is 1.69. The molecule has 3 aromatic rings. The summed E-state index contributed by atoms with van der Waals surface area (Å²) < 4.78 is 30.8. The molecule has 1 aliphatic rings. The number of unbranched alkanes of at least 4 members (excludes halogenated alkanes) is 1. The highest BCUT2D eigenvalue weighted by Crippen LogP contribution is 2.30. The predicted octanol–water partition coefficient (Wildman–Crippen LogP) is 6.95. The van der Waals surface area contributed by atoms with Crippen LogP contribution in [0, 0.1) is 5.92 Å². The zero-order valence-corrected chi connectivity index (χ0v) is 21.7. The van der Waals surface area contributed by atoms with Crippen LogP contribution in [0.15, 0.2) is 53.3 Å². The lowest BCUT2D eigenvalue weighted by atomic mass is 9.87. The maximum absolute atomic E-state index is 14.4. The van der Waals surface area contributed by atoms with Crippen LogP contribution in [0.2, 0.25) is 0 Å². The third kappa shape index (κ3) is 5.95. The van der Waals surface area contributed by atoms with Gasteiger partial charge < -0.3 is 5.11 Å². The minimum absolute atomic E-state index is 0.0438. The van der Waals surface area contributed by atoms with Crippen molar-refractivity contribution >= 4 is 11.9 Å². The number of benzene rings is 2. The number of carboxylic acids is 1. The Kier molecular flexibility index (Phi) is 8.92. The maximum Gasteiger partial charge on any atom is 0.336 e. The number of aromatic carboxylic acids is 1. The molecule has 1 fully saturated rings. The minimum Gasteiger partial charge on any atom is -0.478 e. The average Bonchev–Trinajstić information content (AvgIpc) is 3.19. The van der Waals surface area contributed by atoms with Crippen LogP contribution in [0.3, 0.4) is 0 Å². The van der Waals surface area contributed by atoms with E-state index in [0.717, 1.165) is 43.1 Å². The van der Waals surface area contributed by atoms with Crippen LogP contribution in [0.4, 0.5) is 8.78 Å². The molecule has 0 spiro atoms. The molecular weight excluding hydrogens is 490 g/mol. The normalized spacial score (nSPS) is 14.2. The van der Waals surface area contributed by atoms with Gasteiger partial charge in [-0.2, -0.15) is 0 Å². The number of hydrogen-bond acceptors (Lipinski definition) is 3. The van der Waals surface area contributed by atoms with Gasteiger partial charge in [-0.15, -0.1) is 0 Å². The number of rotatable bonds is 10. The lowest BCUT2D eigenvalue weighted by Crippen LogP contribution is -2.32. The van der Waals surface area contributed by atoms with Gasteiger partial charge in [-0.3, -0.25) is 9.36 Å². The van der Waals surface area contributed by atoms with Crippen LogP contribution in [0.25, 0.3) is 11.1 Å². The largest absolute Gasteiger partial charge is 0.478 e. The molecule has 0 bridgehead atoms. The van der Waals surface area contributed by atoms with Gasteiger partial charge >= 0.3 is 11.7 Å². The smallest absolute Gasteiger partial charge is 0.336 e. The monoisotopic (exact) mass is 524 g/mol. The molecule has 202 valence electrons. The van der Waals surface area contributed by atoms with Gasteiger partial charge in [-0.25, -0.2) is 22.9 Å². The molecule has 0 saturated heterocycles. The van der Waals surface area contributed by atoms with Crippen LogP contribution in [0.1, 0.15) is 96.8 Å². The van der Waals surface area contributed by atoms with Gasteiger partial charge in [0.2, 0.25) is 5.91 Å². The number of carbonyl (C=O) groups is 2. The summed E-state index contributed by atoms with van der Waals surface area (Å²) in [4.78, 5) is 38.3. The summed E-state index contributed by atoms with van der Waals surface area (Å²) in [5, 5.41) is 9.50. The van der Waals surface area contributed by atoms with Crippen molar-refractivity contribution in [2.75, 3.05) is 0 Å². The predicted molar refractivity (Wildman–Crippen MR) is 142 cm³/mol. The van der Waals surface area contributed by atoms with E-state index in [1.165, 1.54) is 10.6 Å². The standard InChI is InChI=1S/C30H34F2N2O4/c1-2-3-13-25-27(28(31)32)34(26(35)18-20-9-5-4-6-10-20)30(38)33(25)19-21-14-16-22(17-15-21)23-11-7-8-12-24(23)29(36)37/h7-8,11-12,14-17,20,28H,2-6,9-10,13,18-19H2,1H3,(H,36,37). The second-order valence-corrected chi connectivity index (χ2v) is 10.1. The highest BCUT2D eigenvalue weighted by molar-refractivity contribution is 5.96. The summed E-state index contributed by atoms with van der Waals surface area (Å²) in [5.41, 5.74) is 1.14. The Hall–Kier alpha value is -3.55. The van der Waals surface area contributed by atoms with Crippen molar-refractivity contribution in [2.24, 2.45) is 5.92 Å². The van der Waals surface area contributed by atoms with E-state index in [1.54, 1.807) is 42.5 Å². The molecule has 0 radical (unpaired) electrons. The fraction of sp³-hybridized carbons (Fsp3) is 0.433. The van der Waals surface area contributed by atoms with E-state index in [2.05, 4.69) is 0 Å².